The van der Waals surface area contributed by atoms with Gasteiger partial charge in [-0.2, -0.15) is 0 Å². The van der Waals surface area contributed by atoms with Crippen molar-refractivity contribution >= 4 is 11.3 Å². The number of benzene rings is 1. The van der Waals surface area contributed by atoms with Crippen LogP contribution in [-0.2, 0) is 0 Å². The molecular weight excluding hydrogens is 211 g/mol. The van der Waals surface area contributed by atoms with Crippen molar-refractivity contribution in [3.8, 4) is 0 Å². The van der Waals surface area contributed by atoms with E-state index in [2.05, 4.69) is 0 Å². The highest BCUT2D eigenvalue weighted by atomic mass is 32.1. The summed E-state index contributed by atoms with van der Waals surface area (Å²) in [5.41, 5.74) is 0.721. The minimum absolute atomic E-state index is 0.325. The van der Waals surface area contributed by atoms with Crippen molar-refractivity contribution in [3.63, 3.8) is 0 Å². The molecule has 1 heterocycles. The fraction of sp³-hybridized carbons (Fsp3) is 0.167. The van der Waals surface area contributed by atoms with E-state index in [1.54, 1.807) is 12.1 Å². The lowest BCUT2D eigenvalue weighted by atomic mass is 10.1. The van der Waals surface area contributed by atoms with Crippen molar-refractivity contribution in [2.45, 2.75) is 13.0 Å². The smallest absolute Gasteiger partial charge is 0.140 e. The molecule has 0 aliphatic carbocycles. The molecular formula is C12H11FOS. The van der Waals surface area contributed by atoms with Gasteiger partial charge in [0.05, 0.1) is 4.88 Å². The molecule has 0 spiro atoms. The van der Waals surface area contributed by atoms with Crippen LogP contribution in [0.1, 0.15) is 21.4 Å². The van der Waals surface area contributed by atoms with E-state index in [1.807, 2.05) is 25.1 Å². The number of rotatable bonds is 2. The zero-order chi connectivity index (χ0) is 10.8. The average molecular weight is 222 g/mol. The van der Waals surface area contributed by atoms with Gasteiger partial charge in [-0.05, 0) is 18.6 Å². The SMILES string of the molecule is Cc1cc(F)c(C(O)c2ccccc2)s1. The second-order valence-corrected chi connectivity index (χ2v) is 4.67. The lowest BCUT2D eigenvalue weighted by molar-refractivity contribution is 0.219. The summed E-state index contributed by atoms with van der Waals surface area (Å²) in [5, 5.41) is 9.96. The summed E-state index contributed by atoms with van der Waals surface area (Å²) in [6.45, 7) is 1.83. The number of hydrogen-bond donors (Lipinski definition) is 1. The Hall–Kier alpha value is -1.19. The minimum Gasteiger partial charge on any atom is -0.383 e. The topological polar surface area (TPSA) is 20.2 Å². The Morgan fingerprint density at radius 1 is 1.27 bits per heavy atom. The van der Waals surface area contributed by atoms with Crippen LogP contribution in [0.4, 0.5) is 4.39 Å². The van der Waals surface area contributed by atoms with Crippen LogP contribution in [-0.4, -0.2) is 5.11 Å². The first-order chi connectivity index (χ1) is 7.18. The summed E-state index contributed by atoms with van der Waals surface area (Å²) >= 11 is 1.29. The maximum absolute atomic E-state index is 13.4. The minimum atomic E-state index is -0.857. The van der Waals surface area contributed by atoms with Gasteiger partial charge in [0.25, 0.3) is 0 Å². The summed E-state index contributed by atoms with van der Waals surface area (Å²) in [5.74, 6) is -0.325. The number of halogens is 1. The maximum Gasteiger partial charge on any atom is 0.140 e. The Labute approximate surface area is 91.8 Å². The maximum atomic E-state index is 13.4. The average Bonchev–Trinajstić information content (AvgIpc) is 2.58. The van der Waals surface area contributed by atoms with Gasteiger partial charge in [0.1, 0.15) is 11.9 Å². The molecule has 0 aliphatic rings. The molecule has 0 bridgehead atoms. The van der Waals surface area contributed by atoms with Crippen molar-refractivity contribution < 1.29 is 9.50 Å². The first kappa shape index (κ1) is 10.3. The molecule has 1 aromatic heterocycles. The van der Waals surface area contributed by atoms with Crippen molar-refractivity contribution in [1.29, 1.82) is 0 Å². The van der Waals surface area contributed by atoms with E-state index < -0.39 is 6.10 Å². The van der Waals surface area contributed by atoms with Crippen molar-refractivity contribution in [3.05, 3.63) is 57.5 Å². The third-order valence-corrected chi connectivity index (χ3v) is 3.28. The molecule has 0 aliphatic heterocycles. The van der Waals surface area contributed by atoms with E-state index in [4.69, 9.17) is 0 Å². The van der Waals surface area contributed by atoms with Gasteiger partial charge < -0.3 is 5.11 Å². The number of aliphatic hydroxyl groups excluding tert-OH is 1. The molecule has 1 atom stereocenters. The third kappa shape index (κ3) is 2.08. The predicted octanol–water partition coefficient (Wildman–Crippen LogP) is 3.28. The molecule has 0 saturated heterocycles. The molecule has 3 heteroatoms. The van der Waals surface area contributed by atoms with E-state index >= 15 is 0 Å². The quantitative estimate of drug-likeness (QED) is 0.826. The normalized spacial score (nSPS) is 12.7. The standard InChI is InChI=1S/C12H11FOS/c1-8-7-10(13)12(15-8)11(14)9-5-3-2-4-6-9/h2-7,11,14H,1H3. The van der Waals surface area contributed by atoms with Crippen LogP contribution in [0.3, 0.4) is 0 Å². The monoisotopic (exact) mass is 222 g/mol. The molecule has 1 N–H and O–H groups in total. The zero-order valence-corrected chi connectivity index (χ0v) is 9.09. The second-order valence-electron chi connectivity index (χ2n) is 3.38. The Kier molecular flexibility index (Phi) is 2.84. The first-order valence-corrected chi connectivity index (χ1v) is 5.49. The Balaban J connectivity index is 2.36. The largest absolute Gasteiger partial charge is 0.383 e. The highest BCUT2D eigenvalue weighted by Crippen LogP contribution is 2.30. The first-order valence-electron chi connectivity index (χ1n) is 4.67. The summed E-state index contributed by atoms with van der Waals surface area (Å²) < 4.78 is 13.4. The Bertz CT molecular complexity index is 450. The molecule has 1 nitrogen and oxygen atoms in total. The van der Waals surface area contributed by atoms with Gasteiger partial charge in [-0.15, -0.1) is 11.3 Å². The highest BCUT2D eigenvalue weighted by Gasteiger charge is 2.17. The van der Waals surface area contributed by atoms with Gasteiger partial charge in [-0.3, -0.25) is 0 Å². The number of aliphatic hydroxyl groups is 1. The fourth-order valence-corrected chi connectivity index (χ4v) is 2.39. The van der Waals surface area contributed by atoms with Crippen LogP contribution in [0.25, 0.3) is 0 Å². The Morgan fingerprint density at radius 3 is 2.47 bits per heavy atom. The van der Waals surface area contributed by atoms with Crippen LogP contribution in [0.15, 0.2) is 36.4 Å². The summed E-state index contributed by atoms with van der Waals surface area (Å²) in [4.78, 5) is 1.26. The van der Waals surface area contributed by atoms with Gasteiger partial charge >= 0.3 is 0 Å². The molecule has 2 rings (SSSR count). The summed E-state index contributed by atoms with van der Waals surface area (Å²) in [6, 6.07) is 10.6. The molecule has 0 fully saturated rings. The lowest BCUT2D eigenvalue weighted by Gasteiger charge is -2.08. The molecule has 0 amide bonds. The van der Waals surface area contributed by atoms with Crippen LogP contribution in [0.5, 0.6) is 0 Å². The van der Waals surface area contributed by atoms with Gasteiger partial charge in [-0.1, -0.05) is 30.3 Å². The van der Waals surface area contributed by atoms with Crippen molar-refractivity contribution in [2.75, 3.05) is 0 Å². The summed E-state index contributed by atoms with van der Waals surface area (Å²) in [7, 11) is 0. The molecule has 0 radical (unpaired) electrons. The van der Waals surface area contributed by atoms with E-state index in [1.165, 1.54) is 17.4 Å². The van der Waals surface area contributed by atoms with Crippen LogP contribution >= 0.6 is 11.3 Å². The number of hydrogen-bond acceptors (Lipinski definition) is 2. The predicted molar refractivity (Wildman–Crippen MR) is 59.5 cm³/mol. The molecule has 1 unspecified atom stereocenters. The summed E-state index contributed by atoms with van der Waals surface area (Å²) in [6.07, 6.45) is -0.857. The van der Waals surface area contributed by atoms with Gasteiger partial charge in [0, 0.05) is 4.88 Å². The molecule has 78 valence electrons. The molecule has 15 heavy (non-hydrogen) atoms. The number of aryl methyl sites for hydroxylation is 1. The van der Waals surface area contributed by atoms with Gasteiger partial charge in [0.2, 0.25) is 0 Å². The van der Waals surface area contributed by atoms with Gasteiger partial charge in [0.15, 0.2) is 0 Å². The van der Waals surface area contributed by atoms with Crippen molar-refractivity contribution in [2.24, 2.45) is 0 Å². The third-order valence-electron chi connectivity index (χ3n) is 2.20. The van der Waals surface area contributed by atoms with Crippen LogP contribution in [0.2, 0.25) is 0 Å². The molecule has 0 saturated carbocycles. The fourth-order valence-electron chi connectivity index (χ4n) is 1.47. The zero-order valence-electron chi connectivity index (χ0n) is 8.27. The Morgan fingerprint density at radius 2 is 1.93 bits per heavy atom. The van der Waals surface area contributed by atoms with Crippen molar-refractivity contribution in [1.82, 2.24) is 0 Å². The molecule has 2 aromatic rings. The second kappa shape index (κ2) is 4.13. The number of thiophene rings is 1. The van der Waals surface area contributed by atoms with E-state index in [0.29, 0.717) is 4.88 Å². The van der Waals surface area contributed by atoms with E-state index in [9.17, 15) is 9.50 Å². The van der Waals surface area contributed by atoms with E-state index in [-0.39, 0.29) is 5.82 Å². The molecule has 1 aromatic carbocycles. The van der Waals surface area contributed by atoms with E-state index in [0.717, 1.165) is 10.4 Å². The lowest BCUT2D eigenvalue weighted by Crippen LogP contribution is -1.98. The van der Waals surface area contributed by atoms with Crippen LogP contribution < -0.4 is 0 Å². The van der Waals surface area contributed by atoms with Crippen LogP contribution in [0, 0.1) is 12.7 Å². The van der Waals surface area contributed by atoms with Gasteiger partial charge in [-0.25, -0.2) is 4.39 Å². The highest BCUT2D eigenvalue weighted by molar-refractivity contribution is 7.12.